The maximum absolute atomic E-state index is 11.3. The largest absolute Gasteiger partial charge is 0.805 e. The Labute approximate surface area is 78.9 Å². The molecule has 5 nitrogen and oxygen atoms in total. The van der Waals surface area contributed by atoms with E-state index in [1.165, 1.54) is 12.4 Å². The van der Waals surface area contributed by atoms with Gasteiger partial charge in [-0.2, -0.15) is 0 Å². The summed E-state index contributed by atoms with van der Waals surface area (Å²) in [6.45, 7) is 0. The molecule has 3 rings (SSSR count). The van der Waals surface area contributed by atoms with Gasteiger partial charge in [0.1, 0.15) is 0 Å². The summed E-state index contributed by atoms with van der Waals surface area (Å²) < 4.78 is 1.26. The molecule has 70 valence electrons. The van der Waals surface area contributed by atoms with Crippen molar-refractivity contribution in [3.8, 4) is 11.4 Å². The van der Waals surface area contributed by atoms with Gasteiger partial charge in [0, 0.05) is 11.1 Å². The molecule has 0 unspecified atom stereocenters. The van der Waals surface area contributed by atoms with Crippen molar-refractivity contribution in [2.24, 2.45) is 0 Å². The lowest BCUT2D eigenvalue weighted by Gasteiger charge is -2.16. The second-order valence-electron chi connectivity index (χ2n) is 3.18. The molecule has 2 aromatic heterocycles. The molecule has 0 saturated carbocycles. The van der Waals surface area contributed by atoms with E-state index >= 15 is 0 Å². The van der Waals surface area contributed by atoms with Crippen molar-refractivity contribution in [2.45, 2.75) is 0 Å². The summed E-state index contributed by atoms with van der Waals surface area (Å²) in [6, 6.07) is 3.12. The first-order chi connectivity index (χ1) is 6.70. The summed E-state index contributed by atoms with van der Waals surface area (Å²) in [5.74, 6) is 0. The molecule has 0 fully saturated rings. The summed E-state index contributed by atoms with van der Waals surface area (Å²) in [4.78, 5) is 0. The smallest absolute Gasteiger partial charge is 0.0728 e. The SMILES string of the molecule is N=C1c2ccn([O-])c2-c2c1ccn2[O-]. The average Bonchev–Trinajstić information content (AvgIpc) is 2.75. The lowest BCUT2D eigenvalue weighted by molar-refractivity contribution is 1.05. The summed E-state index contributed by atoms with van der Waals surface area (Å²) in [5.41, 5.74) is 1.92. The lowest BCUT2D eigenvalue weighted by atomic mass is 10.2. The molecule has 0 atom stereocenters. The minimum atomic E-state index is 0.249. The Bertz CT molecular complexity index is 502. The van der Waals surface area contributed by atoms with E-state index < -0.39 is 0 Å². The monoisotopic (exact) mass is 187 g/mol. The molecule has 0 amide bonds. The lowest BCUT2D eigenvalue weighted by Crippen LogP contribution is -1.92. The first-order valence-corrected chi connectivity index (χ1v) is 4.07. The van der Waals surface area contributed by atoms with Crippen LogP contribution in [0.15, 0.2) is 24.5 Å². The number of rotatable bonds is 0. The van der Waals surface area contributed by atoms with Gasteiger partial charge in [-0.3, -0.25) is 5.41 Å². The second kappa shape index (κ2) is 2.01. The number of fused-ring (bicyclic) bond motifs is 3. The van der Waals surface area contributed by atoms with Crippen molar-refractivity contribution in [3.05, 3.63) is 46.1 Å². The van der Waals surface area contributed by atoms with Gasteiger partial charge in [0.05, 0.1) is 17.1 Å². The number of nitrogens with zero attached hydrogens (tertiary/aromatic N) is 2. The fraction of sp³-hybridized carbons (Fsp3) is 0. The third-order valence-electron chi connectivity index (χ3n) is 2.47. The van der Waals surface area contributed by atoms with Crippen LogP contribution in [0.3, 0.4) is 0 Å². The molecule has 0 aliphatic heterocycles. The Balaban J connectivity index is 2.47. The van der Waals surface area contributed by atoms with Gasteiger partial charge in [-0.05, 0) is 24.5 Å². The molecule has 0 aromatic carbocycles. The first kappa shape index (κ1) is 7.25. The van der Waals surface area contributed by atoms with E-state index in [4.69, 9.17) is 5.41 Å². The van der Waals surface area contributed by atoms with Crippen LogP contribution in [0.4, 0.5) is 0 Å². The molecule has 1 aliphatic rings. The molecule has 0 saturated heterocycles. The van der Waals surface area contributed by atoms with Crippen molar-refractivity contribution in [3.63, 3.8) is 0 Å². The van der Waals surface area contributed by atoms with Crippen LogP contribution in [0, 0.1) is 15.8 Å². The Hall–Kier alpha value is -2.17. The Morgan fingerprint density at radius 3 is 1.79 bits per heavy atom. The second-order valence-corrected chi connectivity index (χ2v) is 3.18. The van der Waals surface area contributed by atoms with E-state index in [1.807, 2.05) is 0 Å². The fourth-order valence-electron chi connectivity index (χ4n) is 1.84. The number of hydrogen-bond donors (Lipinski definition) is 1. The molecule has 2 heterocycles. The zero-order valence-corrected chi connectivity index (χ0v) is 7.02. The minimum absolute atomic E-state index is 0.249. The zero-order valence-electron chi connectivity index (χ0n) is 7.02. The zero-order chi connectivity index (χ0) is 9.87. The molecule has 0 bridgehead atoms. The Morgan fingerprint density at radius 1 is 0.929 bits per heavy atom. The van der Waals surface area contributed by atoms with Crippen LogP contribution >= 0.6 is 0 Å². The van der Waals surface area contributed by atoms with Gasteiger partial charge in [-0.1, -0.05) is 0 Å². The predicted octanol–water partition coefficient (Wildman–Crippen LogP) is 1.38. The summed E-state index contributed by atoms with van der Waals surface area (Å²) in [7, 11) is 0. The first-order valence-electron chi connectivity index (χ1n) is 4.07. The highest BCUT2D eigenvalue weighted by Gasteiger charge is 2.26. The van der Waals surface area contributed by atoms with Crippen molar-refractivity contribution >= 4 is 5.71 Å². The molecule has 0 spiro atoms. The third-order valence-corrected chi connectivity index (χ3v) is 2.47. The van der Waals surface area contributed by atoms with Gasteiger partial charge >= 0.3 is 0 Å². The van der Waals surface area contributed by atoms with E-state index in [0.717, 1.165) is 0 Å². The Morgan fingerprint density at radius 2 is 1.36 bits per heavy atom. The van der Waals surface area contributed by atoms with Gasteiger partial charge in [0.15, 0.2) is 0 Å². The van der Waals surface area contributed by atoms with E-state index in [-0.39, 0.29) is 5.71 Å². The molecule has 5 heteroatoms. The molecule has 1 N–H and O–H groups in total. The van der Waals surface area contributed by atoms with Gasteiger partial charge < -0.3 is 19.9 Å². The van der Waals surface area contributed by atoms with Crippen LogP contribution in [0.5, 0.6) is 0 Å². The highest BCUT2D eigenvalue weighted by atomic mass is 16.5. The van der Waals surface area contributed by atoms with Crippen LogP contribution in [-0.2, 0) is 0 Å². The van der Waals surface area contributed by atoms with Crippen LogP contribution in [0.1, 0.15) is 11.1 Å². The number of hydrogen-bond acceptors (Lipinski definition) is 3. The predicted molar refractivity (Wildman–Crippen MR) is 51.3 cm³/mol. The molecule has 1 aliphatic carbocycles. The molecule has 2 aromatic rings. The normalized spacial score (nSPS) is 13.0. The third kappa shape index (κ3) is 0.597. The van der Waals surface area contributed by atoms with Crippen molar-refractivity contribution in [1.29, 1.82) is 5.41 Å². The molecule has 0 radical (unpaired) electrons. The highest BCUT2D eigenvalue weighted by Crippen LogP contribution is 2.37. The van der Waals surface area contributed by atoms with Gasteiger partial charge in [0.25, 0.3) is 0 Å². The van der Waals surface area contributed by atoms with Crippen LogP contribution < -0.4 is 0 Å². The van der Waals surface area contributed by atoms with Crippen molar-refractivity contribution in [1.82, 2.24) is 9.46 Å². The van der Waals surface area contributed by atoms with Gasteiger partial charge in [0.2, 0.25) is 0 Å². The Kier molecular flexibility index (Phi) is 1.04. The summed E-state index contributed by atoms with van der Waals surface area (Å²) in [5, 5.41) is 30.4. The molecular formula is C9H5N3O2-2. The highest BCUT2D eigenvalue weighted by molar-refractivity contribution is 6.22. The van der Waals surface area contributed by atoms with E-state index in [9.17, 15) is 10.4 Å². The maximum atomic E-state index is 11.3. The van der Waals surface area contributed by atoms with Crippen LogP contribution in [0.25, 0.3) is 11.4 Å². The van der Waals surface area contributed by atoms with Crippen LogP contribution in [0.2, 0.25) is 0 Å². The summed E-state index contributed by atoms with van der Waals surface area (Å²) in [6.07, 6.45) is 2.63. The molecule has 14 heavy (non-hydrogen) atoms. The van der Waals surface area contributed by atoms with Gasteiger partial charge in [-0.15, -0.1) is 0 Å². The summed E-state index contributed by atoms with van der Waals surface area (Å²) >= 11 is 0. The maximum Gasteiger partial charge on any atom is 0.0728 e. The average molecular weight is 187 g/mol. The number of nitrogens with one attached hydrogen (secondary N) is 1. The topological polar surface area (TPSA) is 79.8 Å². The van der Waals surface area contributed by atoms with E-state index in [2.05, 4.69) is 0 Å². The fourth-order valence-corrected chi connectivity index (χ4v) is 1.84. The van der Waals surface area contributed by atoms with E-state index in [0.29, 0.717) is 32.0 Å². The van der Waals surface area contributed by atoms with E-state index in [1.54, 1.807) is 12.1 Å². The standard InChI is InChI=1S/C9H5N3O2/c10-7-5-1-3-11(13)8(5)9-6(7)2-4-12(9)14/h1-4,10H/q-2. The number of aromatic nitrogens is 2. The van der Waals surface area contributed by atoms with Crippen molar-refractivity contribution < 1.29 is 0 Å². The van der Waals surface area contributed by atoms with Gasteiger partial charge in [-0.25, -0.2) is 0 Å². The minimum Gasteiger partial charge on any atom is -0.805 e. The quantitative estimate of drug-likeness (QED) is 0.576. The van der Waals surface area contributed by atoms with Crippen molar-refractivity contribution in [2.75, 3.05) is 0 Å². The molecular weight excluding hydrogens is 182 g/mol. The van der Waals surface area contributed by atoms with Crippen LogP contribution in [-0.4, -0.2) is 15.2 Å².